The summed E-state index contributed by atoms with van der Waals surface area (Å²) in [5, 5.41) is 8.93. The van der Waals surface area contributed by atoms with E-state index in [1.165, 1.54) is 0 Å². The van der Waals surface area contributed by atoms with Crippen LogP contribution in [-0.4, -0.2) is 44.4 Å². The number of esters is 1. The van der Waals surface area contributed by atoms with Gasteiger partial charge < -0.3 is 9.84 Å². The van der Waals surface area contributed by atoms with Gasteiger partial charge in [0.1, 0.15) is 6.04 Å². The first kappa shape index (κ1) is 17.1. The fourth-order valence-corrected chi connectivity index (χ4v) is 2.84. The maximum atomic E-state index is 11.9. The van der Waals surface area contributed by atoms with E-state index in [0.717, 1.165) is 12.7 Å². The molecule has 0 aliphatic carbocycles. The van der Waals surface area contributed by atoms with Crippen molar-refractivity contribution in [2.24, 2.45) is 0 Å². The molecule has 0 fully saturated rings. The number of ether oxygens (including phenoxy) is 1. The molecule has 116 valence electrons. The number of methoxy groups -OCH3 is 1. The van der Waals surface area contributed by atoms with E-state index >= 15 is 0 Å². The molecule has 1 aromatic rings. The first-order chi connectivity index (χ1) is 9.84. The van der Waals surface area contributed by atoms with Gasteiger partial charge in [0, 0.05) is 0 Å². The third kappa shape index (κ3) is 6.37. The van der Waals surface area contributed by atoms with Gasteiger partial charge in [0.2, 0.25) is 10.0 Å². The summed E-state index contributed by atoms with van der Waals surface area (Å²) in [4.78, 5) is 22.0. The van der Waals surface area contributed by atoms with Crippen LogP contribution in [0.15, 0.2) is 30.3 Å². The van der Waals surface area contributed by atoms with Gasteiger partial charge in [0.25, 0.3) is 0 Å². The molecule has 1 atom stereocenters. The lowest BCUT2D eigenvalue weighted by Crippen LogP contribution is -2.43. The lowest BCUT2D eigenvalue weighted by Gasteiger charge is -2.13. The van der Waals surface area contributed by atoms with E-state index in [-0.39, 0.29) is 12.2 Å². The van der Waals surface area contributed by atoms with Crippen molar-refractivity contribution in [2.45, 2.75) is 18.9 Å². The van der Waals surface area contributed by atoms with Gasteiger partial charge in [-0.2, -0.15) is 0 Å². The van der Waals surface area contributed by atoms with Gasteiger partial charge in [-0.15, -0.1) is 0 Å². The SMILES string of the molecule is COC(=O)C[C@H](NS(=O)(=O)CCc1ccccc1)C(=O)O. The van der Waals surface area contributed by atoms with Crippen LogP contribution >= 0.6 is 0 Å². The minimum atomic E-state index is -3.82. The standard InChI is InChI=1S/C13H17NO6S/c1-20-12(15)9-11(13(16)17)14-21(18,19)8-7-10-5-3-2-4-6-10/h2-6,11,14H,7-9H2,1H3,(H,16,17)/t11-/m0/s1. The average Bonchev–Trinajstić information content (AvgIpc) is 2.45. The normalized spacial score (nSPS) is 12.6. The Balaban J connectivity index is 2.64. The van der Waals surface area contributed by atoms with Crippen molar-refractivity contribution in [3.63, 3.8) is 0 Å². The fourth-order valence-electron chi connectivity index (χ4n) is 1.60. The van der Waals surface area contributed by atoms with E-state index in [1.807, 2.05) is 10.8 Å². The van der Waals surface area contributed by atoms with Crippen LogP contribution in [0.1, 0.15) is 12.0 Å². The van der Waals surface area contributed by atoms with Crippen molar-refractivity contribution in [3.8, 4) is 0 Å². The highest BCUT2D eigenvalue weighted by molar-refractivity contribution is 7.89. The molecular formula is C13H17NO6S. The lowest BCUT2D eigenvalue weighted by molar-refractivity contribution is -0.147. The second-order valence-corrected chi connectivity index (χ2v) is 6.22. The third-order valence-electron chi connectivity index (χ3n) is 2.72. The highest BCUT2D eigenvalue weighted by Gasteiger charge is 2.26. The number of aryl methyl sites for hydroxylation is 1. The summed E-state index contributed by atoms with van der Waals surface area (Å²) in [5.74, 6) is -2.49. The molecule has 1 aromatic carbocycles. The van der Waals surface area contributed by atoms with E-state index < -0.39 is 34.4 Å². The quantitative estimate of drug-likeness (QED) is 0.662. The van der Waals surface area contributed by atoms with Gasteiger partial charge in [-0.05, 0) is 12.0 Å². The van der Waals surface area contributed by atoms with E-state index in [4.69, 9.17) is 5.11 Å². The van der Waals surface area contributed by atoms with Gasteiger partial charge in [-0.3, -0.25) is 9.59 Å². The van der Waals surface area contributed by atoms with Crippen molar-refractivity contribution < 1.29 is 27.9 Å². The Bertz CT molecular complexity index is 584. The second-order valence-electron chi connectivity index (χ2n) is 4.34. The van der Waals surface area contributed by atoms with E-state index in [0.29, 0.717) is 0 Å². The Labute approximate surface area is 123 Å². The van der Waals surface area contributed by atoms with Crippen molar-refractivity contribution in [1.29, 1.82) is 0 Å². The number of carboxylic acid groups (broad SMARTS) is 1. The van der Waals surface area contributed by atoms with Crippen LogP contribution in [0.3, 0.4) is 0 Å². The second kappa shape index (κ2) is 7.75. The summed E-state index contributed by atoms with van der Waals surface area (Å²) in [7, 11) is -2.71. The molecule has 0 saturated heterocycles. The molecule has 7 nitrogen and oxygen atoms in total. The molecule has 0 bridgehead atoms. The number of sulfonamides is 1. The van der Waals surface area contributed by atoms with Crippen molar-refractivity contribution in [3.05, 3.63) is 35.9 Å². The molecule has 0 heterocycles. The summed E-state index contributed by atoms with van der Waals surface area (Å²) in [6, 6.07) is 7.40. The van der Waals surface area contributed by atoms with Crippen molar-refractivity contribution >= 4 is 22.0 Å². The summed E-state index contributed by atoms with van der Waals surface area (Å²) >= 11 is 0. The molecule has 1 rings (SSSR count). The van der Waals surface area contributed by atoms with Crippen LogP contribution in [-0.2, 0) is 30.8 Å². The number of aliphatic carboxylic acids is 1. The van der Waals surface area contributed by atoms with Crippen LogP contribution < -0.4 is 4.72 Å². The first-order valence-electron chi connectivity index (χ1n) is 6.17. The molecule has 0 aromatic heterocycles. The highest BCUT2D eigenvalue weighted by Crippen LogP contribution is 2.03. The molecule has 0 spiro atoms. The largest absolute Gasteiger partial charge is 0.480 e. The molecule has 0 saturated carbocycles. The van der Waals surface area contributed by atoms with E-state index in [9.17, 15) is 18.0 Å². The van der Waals surface area contributed by atoms with Crippen LogP contribution in [0.25, 0.3) is 0 Å². The highest BCUT2D eigenvalue weighted by atomic mass is 32.2. The van der Waals surface area contributed by atoms with Crippen molar-refractivity contribution in [1.82, 2.24) is 4.72 Å². The Kier molecular flexibility index (Phi) is 6.32. The number of benzene rings is 1. The number of carbonyl (C=O) groups excluding carboxylic acids is 1. The number of rotatable bonds is 8. The zero-order valence-corrected chi connectivity index (χ0v) is 12.3. The Hall–Kier alpha value is -1.93. The summed E-state index contributed by atoms with van der Waals surface area (Å²) in [6.45, 7) is 0. The van der Waals surface area contributed by atoms with Crippen LogP contribution in [0.4, 0.5) is 0 Å². The Morgan fingerprint density at radius 1 is 1.29 bits per heavy atom. The maximum absolute atomic E-state index is 11.9. The summed E-state index contributed by atoms with van der Waals surface area (Å²) < 4.78 is 30.1. The smallest absolute Gasteiger partial charge is 0.322 e. The predicted octanol–water partition coefficient (Wildman–Crippen LogP) is 0.165. The van der Waals surface area contributed by atoms with Gasteiger partial charge >= 0.3 is 11.9 Å². The molecule has 8 heteroatoms. The van der Waals surface area contributed by atoms with Gasteiger partial charge in [0.15, 0.2) is 0 Å². The molecule has 2 N–H and O–H groups in total. The van der Waals surface area contributed by atoms with E-state index in [1.54, 1.807) is 24.3 Å². The van der Waals surface area contributed by atoms with Gasteiger partial charge in [-0.25, -0.2) is 13.1 Å². The summed E-state index contributed by atoms with van der Waals surface area (Å²) in [5.41, 5.74) is 0.822. The first-order valence-corrected chi connectivity index (χ1v) is 7.83. The van der Waals surface area contributed by atoms with Crippen LogP contribution in [0.5, 0.6) is 0 Å². The molecule has 0 amide bonds. The Morgan fingerprint density at radius 3 is 2.43 bits per heavy atom. The molecular weight excluding hydrogens is 298 g/mol. The molecule has 0 unspecified atom stereocenters. The molecule has 0 aliphatic rings. The van der Waals surface area contributed by atoms with Crippen LogP contribution in [0.2, 0.25) is 0 Å². The number of hydrogen-bond donors (Lipinski definition) is 2. The van der Waals surface area contributed by atoms with Gasteiger partial charge in [-0.1, -0.05) is 30.3 Å². The molecule has 21 heavy (non-hydrogen) atoms. The minimum Gasteiger partial charge on any atom is -0.480 e. The zero-order valence-electron chi connectivity index (χ0n) is 11.5. The Morgan fingerprint density at radius 2 is 1.90 bits per heavy atom. The van der Waals surface area contributed by atoms with E-state index in [2.05, 4.69) is 4.74 Å². The van der Waals surface area contributed by atoms with Crippen LogP contribution in [0, 0.1) is 0 Å². The monoisotopic (exact) mass is 315 g/mol. The number of carbonyl (C=O) groups is 2. The minimum absolute atomic E-state index is 0.251. The van der Waals surface area contributed by atoms with Gasteiger partial charge in [0.05, 0.1) is 19.3 Å². The predicted molar refractivity (Wildman–Crippen MR) is 75.1 cm³/mol. The lowest BCUT2D eigenvalue weighted by atomic mass is 10.2. The average molecular weight is 315 g/mol. The topological polar surface area (TPSA) is 110 Å². The number of hydrogen-bond acceptors (Lipinski definition) is 5. The van der Waals surface area contributed by atoms with Crippen molar-refractivity contribution in [2.75, 3.05) is 12.9 Å². The molecule has 0 radical (unpaired) electrons. The third-order valence-corrected chi connectivity index (χ3v) is 4.11. The molecule has 0 aliphatic heterocycles. The number of nitrogens with one attached hydrogen (secondary N) is 1. The fraction of sp³-hybridized carbons (Fsp3) is 0.385. The zero-order chi connectivity index (χ0) is 15.9. The number of carboxylic acids is 1. The maximum Gasteiger partial charge on any atom is 0.322 e. The summed E-state index contributed by atoms with van der Waals surface area (Å²) in [6.07, 6.45) is -0.308.